The zero-order valence-electron chi connectivity index (χ0n) is 42.8. The normalized spacial score (nSPS) is 24.6. The molecule has 19 N–H and O–H groups in total. The number of aliphatic hydroxyl groups excluding tert-OH is 1. The maximum Gasteiger partial charge on any atom is 0.305 e. The van der Waals surface area contributed by atoms with Crippen molar-refractivity contribution in [1.82, 2.24) is 47.9 Å². The molecule has 0 radical (unpaired) electrons. The van der Waals surface area contributed by atoms with Crippen LogP contribution in [-0.4, -0.2) is 171 Å². The lowest BCUT2D eigenvalue weighted by molar-refractivity contribution is -0.142. The van der Waals surface area contributed by atoms with Crippen LogP contribution in [0, 0.1) is 5.92 Å². The third-order valence-electron chi connectivity index (χ3n) is 11.7. The number of aliphatic carboxylic acids is 3. The summed E-state index contributed by atoms with van der Waals surface area (Å²) in [4.78, 5) is 165. The number of aliphatic imine (C=N–C) groups is 1. The van der Waals surface area contributed by atoms with Crippen molar-refractivity contribution in [2.45, 2.75) is 159 Å². The molecule has 0 saturated carbocycles. The van der Waals surface area contributed by atoms with Gasteiger partial charge in [0.1, 0.15) is 54.4 Å². The van der Waals surface area contributed by atoms with Gasteiger partial charge in [-0.15, -0.1) is 0 Å². The third-order valence-corrected chi connectivity index (χ3v) is 11.7. The molecule has 1 fully saturated rings. The Balaban J connectivity index is 2.88. The molecule has 10 atom stereocenters. The van der Waals surface area contributed by atoms with Crippen LogP contribution < -0.4 is 65.1 Å². The highest BCUT2D eigenvalue weighted by atomic mass is 16.4. The van der Waals surface area contributed by atoms with Gasteiger partial charge in [0.05, 0.1) is 12.5 Å². The first-order chi connectivity index (χ1) is 35.7. The number of hydrogen-bond acceptors (Lipinski definition) is 15. The Hall–Kier alpha value is -7.95. The van der Waals surface area contributed by atoms with Crippen LogP contribution in [0.3, 0.4) is 0 Å². The summed E-state index contributed by atoms with van der Waals surface area (Å²) in [7, 11) is 0. The van der Waals surface area contributed by atoms with Crippen LogP contribution >= 0.6 is 0 Å². The molecule has 9 amide bonds. The van der Waals surface area contributed by atoms with Gasteiger partial charge in [-0.2, -0.15) is 0 Å². The Labute approximate surface area is 437 Å². The fourth-order valence-electron chi connectivity index (χ4n) is 7.51. The number of carboxylic acid groups (broad SMARTS) is 3. The van der Waals surface area contributed by atoms with Gasteiger partial charge in [0, 0.05) is 25.8 Å². The molecule has 0 bridgehead atoms. The van der Waals surface area contributed by atoms with E-state index in [9.17, 15) is 78.0 Å². The number of amides is 9. The van der Waals surface area contributed by atoms with Crippen molar-refractivity contribution in [2.24, 2.45) is 28.1 Å². The second kappa shape index (κ2) is 32.4. The van der Waals surface area contributed by atoms with E-state index in [-0.39, 0.29) is 51.2 Å². The Kier molecular flexibility index (Phi) is 27.3. The molecule has 29 heteroatoms. The van der Waals surface area contributed by atoms with Crippen LogP contribution in [0.5, 0.6) is 0 Å². The number of nitrogens with two attached hydrogens (primary N) is 3. The lowest BCUT2D eigenvalue weighted by Gasteiger charge is -2.29. The van der Waals surface area contributed by atoms with Gasteiger partial charge < -0.3 is 85.5 Å². The standard InChI is InChI=1S/C47H73N13O16/c1-23(2)36-45(75)58-32(22-35(66)67)43(73)52-24(3)38(68)53-30(16-18-34(64)65)42(72)60-37(25(4)61)46(76)56-29(15-17-33(62)63)40(70)54-27(13-8-9-19-48)39(69)57-31(21-26-11-6-5-7-12-26)44(74)55-28(41(71)59-36)14-10-20-51-47(49)50/h5-7,11-12,23-25,27-32,36-37,61H,8-10,13-22,48H2,1-4H3,(H,52,73)(H,53,68)(H,54,70)(H,55,74)(H,56,76)(H,57,69)(H,58,75)(H,59,71)(H,60,72)(H,62,63)(H,64,65)(H,66,67)(H4,49,50,51)/t24-,25+,27-,28-,29-,30-,31-,32-,36-,37-/m0/s1. The van der Waals surface area contributed by atoms with E-state index in [0.29, 0.717) is 12.0 Å². The van der Waals surface area contributed by atoms with Gasteiger partial charge in [-0.25, -0.2) is 0 Å². The van der Waals surface area contributed by atoms with E-state index in [1.165, 1.54) is 13.8 Å². The Bertz CT molecular complexity index is 2240. The largest absolute Gasteiger partial charge is 0.481 e. The quantitative estimate of drug-likeness (QED) is 0.0330. The van der Waals surface area contributed by atoms with Crippen LogP contribution in [0.4, 0.5) is 0 Å². The van der Waals surface area contributed by atoms with Crippen molar-refractivity contribution in [3.05, 3.63) is 35.9 Å². The molecule has 1 aliphatic heterocycles. The van der Waals surface area contributed by atoms with E-state index in [1.807, 2.05) is 0 Å². The van der Waals surface area contributed by atoms with E-state index in [4.69, 9.17) is 17.2 Å². The Morgan fingerprint density at radius 1 is 0.526 bits per heavy atom. The van der Waals surface area contributed by atoms with Crippen LogP contribution in [0.25, 0.3) is 0 Å². The number of unbranched alkanes of at least 4 members (excludes halogenated alkanes) is 1. The van der Waals surface area contributed by atoms with Gasteiger partial charge in [-0.1, -0.05) is 44.2 Å². The molecule has 2 rings (SSSR count). The Morgan fingerprint density at radius 3 is 1.43 bits per heavy atom. The third kappa shape index (κ3) is 23.1. The summed E-state index contributed by atoms with van der Waals surface area (Å²) < 4.78 is 0. The average Bonchev–Trinajstić information content (AvgIpc) is 3.33. The number of carbonyl (C=O) groups excluding carboxylic acids is 9. The SMILES string of the molecule is CC(C)[C@@H]1NC(=O)[C@H](CCCN=C(N)N)NC(=O)[C@H](Cc2ccccc2)NC(=O)[C@H](CCCCN)NC(=O)[C@H](CCC(=O)O)NC(=O)[C@H]([C@@H](C)O)NC(=O)[C@H](CCC(=O)O)NC(=O)[C@H](C)NC(=O)[C@H](CC(=O)O)NC1=O. The second-order valence-electron chi connectivity index (χ2n) is 18.4. The summed E-state index contributed by atoms with van der Waals surface area (Å²) >= 11 is 0. The number of guanidine groups is 1. The zero-order valence-corrected chi connectivity index (χ0v) is 42.8. The van der Waals surface area contributed by atoms with E-state index in [1.54, 1.807) is 30.3 Å². The number of carbonyl (C=O) groups is 12. The number of benzene rings is 1. The molecule has 1 heterocycles. The van der Waals surface area contributed by atoms with Crippen molar-refractivity contribution in [1.29, 1.82) is 0 Å². The molecule has 1 saturated heterocycles. The minimum atomic E-state index is -1.97. The van der Waals surface area contributed by atoms with Gasteiger partial charge in [0.25, 0.3) is 0 Å². The summed E-state index contributed by atoms with van der Waals surface area (Å²) in [5.41, 5.74) is 17.2. The molecule has 29 nitrogen and oxygen atoms in total. The molecular weight excluding hydrogens is 1000 g/mol. The van der Waals surface area contributed by atoms with Gasteiger partial charge in [0.15, 0.2) is 5.96 Å². The molecule has 1 aromatic rings. The van der Waals surface area contributed by atoms with Crippen molar-refractivity contribution in [3.63, 3.8) is 0 Å². The maximum absolute atomic E-state index is 14.5. The molecule has 422 valence electrons. The van der Waals surface area contributed by atoms with Gasteiger partial charge >= 0.3 is 17.9 Å². The topological polar surface area (TPSA) is 484 Å². The molecule has 0 aromatic heterocycles. The first kappa shape index (κ1) is 64.2. The molecule has 76 heavy (non-hydrogen) atoms. The number of rotatable bonds is 20. The number of nitrogens with zero attached hydrogens (tertiary/aromatic N) is 1. The number of hydrogen-bond donors (Lipinski definition) is 16. The average molecular weight is 1080 g/mol. The van der Waals surface area contributed by atoms with Crippen molar-refractivity contribution in [3.8, 4) is 0 Å². The van der Waals surface area contributed by atoms with Crippen LogP contribution in [0.1, 0.15) is 97.5 Å². The Morgan fingerprint density at radius 2 is 0.947 bits per heavy atom. The minimum Gasteiger partial charge on any atom is -0.481 e. The summed E-state index contributed by atoms with van der Waals surface area (Å²) in [6.07, 6.45) is -5.43. The van der Waals surface area contributed by atoms with E-state index >= 15 is 0 Å². The van der Waals surface area contributed by atoms with Gasteiger partial charge in [-0.05, 0) is 76.8 Å². The molecule has 0 unspecified atom stereocenters. The fourth-order valence-corrected chi connectivity index (χ4v) is 7.51. The first-order valence-corrected chi connectivity index (χ1v) is 24.6. The lowest BCUT2D eigenvalue weighted by Crippen LogP contribution is -2.62. The highest BCUT2D eigenvalue weighted by Crippen LogP contribution is 2.12. The fraction of sp³-hybridized carbons (Fsp3) is 0.596. The number of carboxylic acids is 3. The van der Waals surface area contributed by atoms with E-state index in [0.717, 1.165) is 13.8 Å². The molecular formula is C47H73N13O16. The van der Waals surface area contributed by atoms with Crippen LogP contribution in [-0.2, 0) is 64.0 Å². The predicted octanol–water partition coefficient (Wildman–Crippen LogP) is -4.95. The van der Waals surface area contributed by atoms with E-state index in [2.05, 4.69) is 52.8 Å². The number of aliphatic hydroxyl groups is 1. The zero-order chi connectivity index (χ0) is 57.2. The van der Waals surface area contributed by atoms with Crippen molar-refractivity contribution < 1.29 is 78.0 Å². The minimum absolute atomic E-state index is 0.0315. The lowest BCUT2D eigenvalue weighted by atomic mass is 10.00. The summed E-state index contributed by atoms with van der Waals surface area (Å²) in [6.45, 7) is 5.29. The number of nitrogens with one attached hydrogen (secondary N) is 9. The van der Waals surface area contributed by atoms with Gasteiger partial charge in [0.2, 0.25) is 53.2 Å². The van der Waals surface area contributed by atoms with Crippen LogP contribution in [0.2, 0.25) is 0 Å². The van der Waals surface area contributed by atoms with Crippen molar-refractivity contribution in [2.75, 3.05) is 13.1 Å². The van der Waals surface area contributed by atoms with Gasteiger partial charge in [-0.3, -0.25) is 62.5 Å². The molecule has 0 aliphatic carbocycles. The summed E-state index contributed by atoms with van der Waals surface area (Å²) in [5.74, 6) is -15.4. The maximum atomic E-state index is 14.5. The summed E-state index contributed by atoms with van der Waals surface area (Å²) in [5, 5.41) is 60.9. The first-order valence-electron chi connectivity index (χ1n) is 24.6. The second-order valence-corrected chi connectivity index (χ2v) is 18.4. The monoisotopic (exact) mass is 1080 g/mol. The predicted molar refractivity (Wildman–Crippen MR) is 269 cm³/mol. The van der Waals surface area contributed by atoms with Crippen molar-refractivity contribution >= 4 is 77.0 Å². The van der Waals surface area contributed by atoms with E-state index < -0.39 is 170 Å². The molecule has 0 spiro atoms. The summed E-state index contributed by atoms with van der Waals surface area (Å²) in [6, 6.07) is -6.80. The smallest absolute Gasteiger partial charge is 0.305 e. The molecule has 1 aromatic carbocycles. The highest BCUT2D eigenvalue weighted by molar-refractivity contribution is 6.00. The molecule has 1 aliphatic rings. The van der Waals surface area contributed by atoms with Crippen LogP contribution in [0.15, 0.2) is 35.3 Å². The highest BCUT2D eigenvalue weighted by Gasteiger charge is 2.38.